The minimum absolute atomic E-state index is 0.253. The van der Waals surface area contributed by atoms with Gasteiger partial charge >= 0.3 is 5.97 Å². The maximum atomic E-state index is 11.1. The van der Waals surface area contributed by atoms with E-state index in [2.05, 4.69) is 9.72 Å². The largest absolute Gasteiger partial charge is 0.465 e. The van der Waals surface area contributed by atoms with Gasteiger partial charge in [-0.2, -0.15) is 0 Å². The molecule has 1 saturated carbocycles. The molecule has 0 amide bonds. The summed E-state index contributed by atoms with van der Waals surface area (Å²) < 4.78 is 4.57. The van der Waals surface area contributed by atoms with Gasteiger partial charge in [0.25, 0.3) is 0 Å². The van der Waals surface area contributed by atoms with Crippen molar-refractivity contribution in [3.8, 4) is 0 Å². The molecule has 0 radical (unpaired) electrons. The van der Waals surface area contributed by atoms with Crippen LogP contribution in [0.1, 0.15) is 27.5 Å². The minimum atomic E-state index is -0.340. The van der Waals surface area contributed by atoms with Crippen LogP contribution in [0.5, 0.6) is 0 Å². The Morgan fingerprint density at radius 3 is 3.00 bits per heavy atom. The van der Waals surface area contributed by atoms with Crippen molar-refractivity contribution in [3.63, 3.8) is 0 Å². The summed E-state index contributed by atoms with van der Waals surface area (Å²) in [4.78, 5) is 15.7. The Hall–Kier alpha value is -0.940. The molecular formula is C8H10N2O2S. The zero-order valence-corrected chi connectivity index (χ0v) is 8.06. The Balaban J connectivity index is 2.23. The van der Waals surface area contributed by atoms with Crippen molar-refractivity contribution in [1.29, 1.82) is 0 Å². The number of esters is 1. The van der Waals surface area contributed by atoms with Crippen LogP contribution in [0.15, 0.2) is 6.20 Å². The normalized spacial score (nSPS) is 18.3. The molecule has 1 aromatic heterocycles. The monoisotopic (exact) mass is 198 g/mol. The van der Waals surface area contributed by atoms with Crippen LogP contribution in [0.4, 0.5) is 0 Å². The number of rotatable bonds is 2. The highest BCUT2D eigenvalue weighted by molar-refractivity contribution is 7.13. The predicted octanol–water partition coefficient (Wildman–Crippen LogP) is 0.877. The lowest BCUT2D eigenvalue weighted by molar-refractivity contribution is 0.0606. The van der Waals surface area contributed by atoms with E-state index in [-0.39, 0.29) is 11.5 Å². The molecule has 4 nitrogen and oxygen atoms in total. The van der Waals surface area contributed by atoms with Gasteiger partial charge in [0, 0.05) is 0 Å². The average Bonchev–Trinajstić information content (AvgIpc) is 2.72. The van der Waals surface area contributed by atoms with E-state index in [4.69, 9.17) is 5.73 Å². The number of thiazole rings is 1. The number of aromatic nitrogens is 1. The predicted molar refractivity (Wildman–Crippen MR) is 48.6 cm³/mol. The van der Waals surface area contributed by atoms with Gasteiger partial charge in [0.05, 0.1) is 18.8 Å². The first-order valence-electron chi connectivity index (χ1n) is 3.99. The second kappa shape index (κ2) is 2.78. The lowest BCUT2D eigenvalue weighted by Gasteiger charge is -2.00. The SMILES string of the molecule is COC(=O)c1cnc(C2(N)CC2)s1. The van der Waals surface area contributed by atoms with Crippen molar-refractivity contribution in [2.45, 2.75) is 18.4 Å². The topological polar surface area (TPSA) is 65.2 Å². The maximum absolute atomic E-state index is 11.1. The van der Waals surface area contributed by atoms with Crippen molar-refractivity contribution in [2.75, 3.05) is 7.11 Å². The first-order chi connectivity index (χ1) is 6.15. The molecule has 0 atom stereocenters. The Morgan fingerprint density at radius 1 is 1.77 bits per heavy atom. The Kier molecular flexibility index (Phi) is 1.85. The van der Waals surface area contributed by atoms with Gasteiger partial charge in [-0.15, -0.1) is 11.3 Å². The fourth-order valence-corrected chi connectivity index (χ4v) is 2.04. The molecule has 0 spiro atoms. The summed E-state index contributed by atoms with van der Waals surface area (Å²) in [5.41, 5.74) is 5.67. The standard InChI is InChI=1S/C8H10N2O2S/c1-12-6(11)5-4-10-7(13-5)8(9)2-3-8/h4H,2-3,9H2,1H3. The van der Waals surface area contributed by atoms with Gasteiger partial charge in [0.1, 0.15) is 9.88 Å². The van der Waals surface area contributed by atoms with Crippen molar-refractivity contribution in [3.05, 3.63) is 16.1 Å². The van der Waals surface area contributed by atoms with Crippen LogP contribution in [-0.4, -0.2) is 18.1 Å². The molecule has 5 heteroatoms. The lowest BCUT2D eigenvalue weighted by Crippen LogP contribution is -2.17. The highest BCUT2D eigenvalue weighted by Gasteiger charge is 2.43. The molecule has 13 heavy (non-hydrogen) atoms. The molecule has 0 aromatic carbocycles. The van der Waals surface area contributed by atoms with Crippen molar-refractivity contribution in [2.24, 2.45) is 5.73 Å². The van der Waals surface area contributed by atoms with Gasteiger partial charge in [0.2, 0.25) is 0 Å². The van der Waals surface area contributed by atoms with Gasteiger partial charge in [-0.3, -0.25) is 0 Å². The summed E-state index contributed by atoms with van der Waals surface area (Å²) >= 11 is 1.32. The van der Waals surface area contributed by atoms with E-state index in [1.165, 1.54) is 24.6 Å². The van der Waals surface area contributed by atoms with E-state index in [1.807, 2.05) is 0 Å². The maximum Gasteiger partial charge on any atom is 0.349 e. The van der Waals surface area contributed by atoms with Crippen molar-refractivity contribution in [1.82, 2.24) is 4.98 Å². The minimum Gasteiger partial charge on any atom is -0.465 e. The van der Waals surface area contributed by atoms with Crippen LogP contribution in [-0.2, 0) is 10.3 Å². The van der Waals surface area contributed by atoms with Crippen LogP contribution < -0.4 is 5.73 Å². The molecule has 0 unspecified atom stereocenters. The summed E-state index contributed by atoms with van der Waals surface area (Å²) in [5.74, 6) is -0.340. The third-order valence-electron chi connectivity index (χ3n) is 2.11. The number of nitrogens with two attached hydrogens (primary N) is 1. The third kappa shape index (κ3) is 1.45. The molecule has 1 fully saturated rings. The lowest BCUT2D eigenvalue weighted by atomic mass is 10.3. The van der Waals surface area contributed by atoms with Crippen LogP contribution in [0.3, 0.4) is 0 Å². The summed E-state index contributed by atoms with van der Waals surface area (Å²) in [7, 11) is 1.36. The molecule has 2 rings (SSSR count). The van der Waals surface area contributed by atoms with Gasteiger partial charge in [0.15, 0.2) is 0 Å². The molecule has 0 aliphatic heterocycles. The number of ether oxygens (including phenoxy) is 1. The molecule has 70 valence electrons. The fourth-order valence-electron chi connectivity index (χ4n) is 1.05. The fraction of sp³-hybridized carbons (Fsp3) is 0.500. The number of hydrogen-bond donors (Lipinski definition) is 1. The number of carbonyl (C=O) groups excluding carboxylic acids is 1. The van der Waals surface area contributed by atoms with E-state index < -0.39 is 0 Å². The van der Waals surface area contributed by atoms with Gasteiger partial charge in [-0.25, -0.2) is 9.78 Å². The van der Waals surface area contributed by atoms with Crippen LogP contribution in [0.25, 0.3) is 0 Å². The number of methoxy groups -OCH3 is 1. The molecule has 0 bridgehead atoms. The Bertz CT molecular complexity index is 344. The van der Waals surface area contributed by atoms with Crippen molar-refractivity contribution < 1.29 is 9.53 Å². The second-order valence-corrected chi connectivity index (χ2v) is 4.21. The Labute approximate surface area is 79.7 Å². The smallest absolute Gasteiger partial charge is 0.349 e. The van der Waals surface area contributed by atoms with E-state index in [0.29, 0.717) is 4.88 Å². The van der Waals surface area contributed by atoms with Crippen LogP contribution in [0, 0.1) is 0 Å². The van der Waals surface area contributed by atoms with E-state index in [9.17, 15) is 4.79 Å². The molecule has 1 heterocycles. The van der Waals surface area contributed by atoms with E-state index in [1.54, 1.807) is 0 Å². The highest BCUT2D eigenvalue weighted by atomic mass is 32.1. The zero-order chi connectivity index (χ0) is 9.47. The van der Waals surface area contributed by atoms with Crippen LogP contribution >= 0.6 is 11.3 Å². The van der Waals surface area contributed by atoms with Gasteiger partial charge in [-0.05, 0) is 12.8 Å². The van der Waals surface area contributed by atoms with Gasteiger partial charge < -0.3 is 10.5 Å². The molecule has 2 N–H and O–H groups in total. The summed E-state index contributed by atoms with van der Waals surface area (Å²) in [6, 6.07) is 0. The second-order valence-electron chi connectivity index (χ2n) is 3.18. The molecular weight excluding hydrogens is 188 g/mol. The molecule has 1 aliphatic carbocycles. The van der Waals surface area contributed by atoms with E-state index in [0.717, 1.165) is 17.8 Å². The Morgan fingerprint density at radius 2 is 2.46 bits per heavy atom. The third-order valence-corrected chi connectivity index (χ3v) is 3.30. The quantitative estimate of drug-likeness (QED) is 0.716. The van der Waals surface area contributed by atoms with Gasteiger partial charge in [-0.1, -0.05) is 0 Å². The van der Waals surface area contributed by atoms with Crippen LogP contribution in [0.2, 0.25) is 0 Å². The summed E-state index contributed by atoms with van der Waals surface area (Å²) in [6.07, 6.45) is 3.45. The highest BCUT2D eigenvalue weighted by Crippen LogP contribution is 2.44. The molecule has 1 aromatic rings. The number of carbonyl (C=O) groups is 1. The summed E-state index contributed by atoms with van der Waals surface area (Å²) in [6.45, 7) is 0. The van der Waals surface area contributed by atoms with E-state index >= 15 is 0 Å². The summed E-state index contributed by atoms with van der Waals surface area (Å²) in [5, 5.41) is 0.841. The first kappa shape index (κ1) is 8.65. The number of hydrogen-bond acceptors (Lipinski definition) is 5. The molecule has 1 aliphatic rings. The zero-order valence-electron chi connectivity index (χ0n) is 7.24. The average molecular weight is 198 g/mol. The number of nitrogens with zero attached hydrogens (tertiary/aromatic N) is 1. The molecule has 0 saturated heterocycles. The van der Waals surface area contributed by atoms with Crippen molar-refractivity contribution >= 4 is 17.3 Å². The first-order valence-corrected chi connectivity index (χ1v) is 4.81.